The Morgan fingerprint density at radius 1 is 1.06 bits per heavy atom. The first kappa shape index (κ1) is 16.4. The number of aryl methyl sites for hydroxylation is 1. The van der Waals surface area contributed by atoms with Gasteiger partial charge in [-0.15, -0.1) is 0 Å². The van der Waals surface area contributed by atoms with Crippen molar-refractivity contribution in [3.8, 4) is 0 Å². The average Bonchev–Trinajstić information content (AvgIpc) is 2.27. The number of carbonyl (C=O) groups excluding carboxylic acids is 2. The predicted octanol–water partition coefficient (Wildman–Crippen LogP) is 3.35. The normalized spacial score (nSPS) is 10.3. The minimum absolute atomic E-state index is 0.258. The Morgan fingerprint density at radius 3 is 1.83 bits per heavy atom. The Labute approximate surface area is 104 Å². The lowest BCUT2D eigenvalue weighted by Gasteiger charge is -1.96. The molecule has 0 amide bonds. The smallest absolute Gasteiger partial charge is 0.300 e. The van der Waals surface area contributed by atoms with E-state index in [-0.39, 0.29) is 5.78 Å². The van der Waals surface area contributed by atoms with Crippen molar-refractivity contribution in [2.24, 2.45) is 0 Å². The van der Waals surface area contributed by atoms with Gasteiger partial charge in [-0.3, -0.25) is 4.79 Å². The molecule has 5 heteroatoms. The van der Waals surface area contributed by atoms with Crippen LogP contribution in [0.4, 0.5) is 13.2 Å². The van der Waals surface area contributed by atoms with Gasteiger partial charge in [0.25, 0.3) is 0 Å². The maximum absolute atomic E-state index is 10.8. The van der Waals surface area contributed by atoms with Gasteiger partial charge in [0.15, 0.2) is 0 Å². The molecule has 2 nitrogen and oxygen atoms in total. The standard InChI is InChI=1S/C10H12O.C3H3F3O/c1-9(11)7-8-10-5-3-2-4-6-10;1-2(7)3(4,5)6/h2-6H,7-8H2,1H3;1H3. The highest BCUT2D eigenvalue weighted by atomic mass is 19.4. The highest BCUT2D eigenvalue weighted by Crippen LogP contribution is 2.14. The molecule has 0 atom stereocenters. The summed E-state index contributed by atoms with van der Waals surface area (Å²) in [5, 5.41) is 0. The molecule has 1 aromatic carbocycles. The molecule has 0 spiro atoms. The van der Waals surface area contributed by atoms with Crippen LogP contribution >= 0.6 is 0 Å². The maximum atomic E-state index is 10.8. The first-order valence-corrected chi connectivity index (χ1v) is 5.34. The zero-order chi connectivity index (χ0) is 14.2. The third kappa shape index (κ3) is 8.50. The Bertz CT molecular complexity index is 383. The van der Waals surface area contributed by atoms with Crippen LogP contribution in [0.15, 0.2) is 30.3 Å². The molecule has 0 fully saturated rings. The monoisotopic (exact) mass is 260 g/mol. The lowest BCUT2D eigenvalue weighted by atomic mass is 10.1. The van der Waals surface area contributed by atoms with Crippen molar-refractivity contribution in [2.75, 3.05) is 0 Å². The molecular weight excluding hydrogens is 245 g/mol. The zero-order valence-electron chi connectivity index (χ0n) is 10.3. The number of Topliss-reactive ketones (excluding diaryl/α,β-unsaturated/α-hetero) is 2. The number of rotatable bonds is 3. The Kier molecular flexibility index (Phi) is 6.93. The van der Waals surface area contributed by atoms with Gasteiger partial charge < -0.3 is 4.79 Å². The van der Waals surface area contributed by atoms with E-state index in [4.69, 9.17) is 0 Å². The van der Waals surface area contributed by atoms with Gasteiger partial charge in [0, 0.05) is 13.3 Å². The van der Waals surface area contributed by atoms with E-state index in [9.17, 15) is 22.8 Å². The molecule has 0 aliphatic rings. The molecule has 0 aliphatic carbocycles. The van der Waals surface area contributed by atoms with E-state index in [1.165, 1.54) is 5.56 Å². The van der Waals surface area contributed by atoms with Crippen molar-refractivity contribution in [1.29, 1.82) is 0 Å². The van der Waals surface area contributed by atoms with E-state index in [0.717, 1.165) is 6.42 Å². The molecule has 18 heavy (non-hydrogen) atoms. The van der Waals surface area contributed by atoms with Crippen LogP contribution in [0, 0.1) is 0 Å². The Morgan fingerprint density at radius 2 is 1.50 bits per heavy atom. The lowest BCUT2D eigenvalue weighted by Crippen LogP contribution is -2.18. The fraction of sp³-hybridized carbons (Fsp3) is 0.385. The molecule has 0 heterocycles. The van der Waals surface area contributed by atoms with Gasteiger partial charge in [-0.25, -0.2) is 0 Å². The summed E-state index contributed by atoms with van der Waals surface area (Å²) in [5.41, 5.74) is 1.24. The second-order valence-corrected chi connectivity index (χ2v) is 3.74. The van der Waals surface area contributed by atoms with E-state index >= 15 is 0 Å². The van der Waals surface area contributed by atoms with Crippen molar-refractivity contribution < 1.29 is 22.8 Å². The van der Waals surface area contributed by atoms with Crippen LogP contribution in [0.3, 0.4) is 0 Å². The van der Waals surface area contributed by atoms with E-state index in [1.54, 1.807) is 6.92 Å². The number of hydrogen-bond donors (Lipinski definition) is 0. The first-order chi connectivity index (χ1) is 8.23. The lowest BCUT2D eigenvalue weighted by molar-refractivity contribution is -0.168. The van der Waals surface area contributed by atoms with E-state index in [2.05, 4.69) is 0 Å². The highest BCUT2D eigenvalue weighted by Gasteiger charge is 2.33. The summed E-state index contributed by atoms with van der Waals surface area (Å²) in [6, 6.07) is 10.1. The summed E-state index contributed by atoms with van der Waals surface area (Å²) < 4.78 is 32.5. The second kappa shape index (κ2) is 7.63. The van der Waals surface area contributed by atoms with Crippen LogP contribution in [0.1, 0.15) is 25.8 Å². The van der Waals surface area contributed by atoms with Crippen LogP contribution in [-0.4, -0.2) is 17.7 Å². The first-order valence-electron chi connectivity index (χ1n) is 5.34. The molecule has 0 saturated carbocycles. The molecule has 0 radical (unpaired) electrons. The van der Waals surface area contributed by atoms with Gasteiger partial charge in [-0.1, -0.05) is 30.3 Å². The topological polar surface area (TPSA) is 34.1 Å². The number of ketones is 2. The van der Waals surface area contributed by atoms with Gasteiger partial charge in [-0.05, 0) is 18.9 Å². The third-order valence-corrected chi connectivity index (χ3v) is 2.01. The summed E-state index contributed by atoms with van der Waals surface area (Å²) in [6.45, 7) is 2.11. The van der Waals surface area contributed by atoms with Crippen molar-refractivity contribution in [1.82, 2.24) is 0 Å². The molecule has 100 valence electrons. The van der Waals surface area contributed by atoms with Gasteiger partial charge in [0.2, 0.25) is 5.78 Å². The molecule has 0 bridgehead atoms. The summed E-state index contributed by atoms with van der Waals surface area (Å²) >= 11 is 0. The minimum Gasteiger partial charge on any atom is -0.300 e. The number of carbonyl (C=O) groups is 2. The van der Waals surface area contributed by atoms with Crippen molar-refractivity contribution >= 4 is 11.6 Å². The van der Waals surface area contributed by atoms with Crippen LogP contribution in [0.2, 0.25) is 0 Å². The SMILES string of the molecule is CC(=O)C(F)(F)F.CC(=O)CCc1ccccc1. The molecule has 0 saturated heterocycles. The van der Waals surface area contributed by atoms with Crippen molar-refractivity contribution in [2.45, 2.75) is 32.9 Å². The van der Waals surface area contributed by atoms with Crippen LogP contribution in [-0.2, 0) is 16.0 Å². The van der Waals surface area contributed by atoms with Crippen molar-refractivity contribution in [3.05, 3.63) is 35.9 Å². The number of halogens is 3. The van der Waals surface area contributed by atoms with Crippen LogP contribution < -0.4 is 0 Å². The number of alkyl halides is 3. The molecule has 0 aromatic heterocycles. The van der Waals surface area contributed by atoms with E-state index in [0.29, 0.717) is 13.3 Å². The molecule has 0 N–H and O–H groups in total. The third-order valence-electron chi connectivity index (χ3n) is 2.01. The molecule has 1 aromatic rings. The summed E-state index contributed by atoms with van der Waals surface area (Å²) in [6.07, 6.45) is -3.11. The van der Waals surface area contributed by atoms with Crippen LogP contribution in [0.5, 0.6) is 0 Å². The zero-order valence-corrected chi connectivity index (χ0v) is 10.3. The fourth-order valence-electron chi connectivity index (χ4n) is 0.965. The van der Waals surface area contributed by atoms with E-state index < -0.39 is 12.0 Å². The summed E-state index contributed by atoms with van der Waals surface area (Å²) in [5.74, 6) is -1.50. The Balaban J connectivity index is 0.000000360. The molecular formula is C13H15F3O2. The van der Waals surface area contributed by atoms with Gasteiger partial charge >= 0.3 is 6.18 Å². The maximum Gasteiger partial charge on any atom is 0.449 e. The Hall–Kier alpha value is -1.65. The molecule has 1 rings (SSSR count). The number of benzene rings is 1. The number of hydrogen-bond acceptors (Lipinski definition) is 2. The van der Waals surface area contributed by atoms with Crippen molar-refractivity contribution in [3.63, 3.8) is 0 Å². The fourth-order valence-corrected chi connectivity index (χ4v) is 0.965. The summed E-state index contributed by atoms with van der Waals surface area (Å²) in [4.78, 5) is 20.0. The average molecular weight is 260 g/mol. The van der Waals surface area contributed by atoms with E-state index in [1.807, 2.05) is 30.3 Å². The predicted molar refractivity (Wildman–Crippen MR) is 62.2 cm³/mol. The summed E-state index contributed by atoms with van der Waals surface area (Å²) in [7, 11) is 0. The molecule has 0 aliphatic heterocycles. The minimum atomic E-state index is -4.64. The largest absolute Gasteiger partial charge is 0.449 e. The quantitative estimate of drug-likeness (QED) is 0.835. The van der Waals surface area contributed by atoms with Gasteiger partial charge in [-0.2, -0.15) is 13.2 Å². The van der Waals surface area contributed by atoms with Crippen LogP contribution in [0.25, 0.3) is 0 Å². The highest BCUT2D eigenvalue weighted by molar-refractivity contribution is 5.81. The van der Waals surface area contributed by atoms with Gasteiger partial charge in [0.1, 0.15) is 5.78 Å². The van der Waals surface area contributed by atoms with Gasteiger partial charge in [0.05, 0.1) is 0 Å². The molecule has 0 unspecified atom stereocenters. The second-order valence-electron chi connectivity index (χ2n) is 3.74.